The van der Waals surface area contributed by atoms with Gasteiger partial charge in [-0.25, -0.2) is 8.78 Å². The molecule has 0 spiro atoms. The molecule has 0 radical (unpaired) electrons. The predicted molar refractivity (Wildman–Crippen MR) is 51.2 cm³/mol. The maximum Gasteiger partial charge on any atom is 0.390 e. The zero-order valence-corrected chi connectivity index (χ0v) is 8.71. The first kappa shape index (κ1) is 15.1. The molecule has 1 atom stereocenters. The fourth-order valence-electron chi connectivity index (χ4n) is 1.22. The van der Waals surface area contributed by atoms with E-state index in [0.717, 1.165) is 18.2 Å². The van der Waals surface area contributed by atoms with Crippen LogP contribution in [0, 0.1) is 11.6 Å². The van der Waals surface area contributed by atoms with Crippen LogP contribution in [0.2, 0.25) is 0 Å². The smallest absolute Gasteiger partial charge is 0.323 e. The molecule has 0 aromatic heterocycles. The zero-order valence-electron chi connectivity index (χ0n) is 7.89. The summed E-state index contributed by atoms with van der Waals surface area (Å²) in [5.41, 5.74) is 4.36. The molecule has 1 nitrogen and oxygen atoms in total. The van der Waals surface area contributed by atoms with Gasteiger partial charge in [-0.15, -0.1) is 12.4 Å². The Balaban J connectivity index is 0.00000225. The highest BCUT2D eigenvalue weighted by Crippen LogP contribution is 2.30. The fraction of sp³-hybridized carbons (Fsp3) is 0.333. The molecule has 0 saturated carbocycles. The molecule has 1 rings (SSSR count). The first-order chi connectivity index (χ1) is 6.81. The summed E-state index contributed by atoms with van der Waals surface area (Å²) in [4.78, 5) is 0. The molecule has 0 saturated heterocycles. The molecule has 92 valence electrons. The topological polar surface area (TPSA) is 26.0 Å². The Morgan fingerprint density at radius 2 is 1.56 bits per heavy atom. The van der Waals surface area contributed by atoms with E-state index in [1.165, 1.54) is 0 Å². The zero-order chi connectivity index (χ0) is 11.6. The largest absolute Gasteiger partial charge is 0.390 e. The highest BCUT2D eigenvalue weighted by molar-refractivity contribution is 5.85. The maximum absolute atomic E-state index is 13.0. The van der Waals surface area contributed by atoms with E-state index in [1.54, 1.807) is 0 Å². The van der Waals surface area contributed by atoms with Crippen molar-refractivity contribution in [2.75, 3.05) is 0 Å². The third-order valence-electron chi connectivity index (χ3n) is 1.82. The Kier molecular flexibility index (Phi) is 5.15. The monoisotopic (exact) mass is 261 g/mol. The van der Waals surface area contributed by atoms with E-state index in [9.17, 15) is 22.0 Å². The van der Waals surface area contributed by atoms with Crippen LogP contribution in [-0.2, 0) is 0 Å². The minimum Gasteiger partial charge on any atom is -0.323 e. The van der Waals surface area contributed by atoms with Gasteiger partial charge in [0.1, 0.15) is 11.6 Å². The highest BCUT2D eigenvalue weighted by Gasteiger charge is 2.32. The number of rotatable bonds is 2. The molecule has 0 bridgehead atoms. The molecule has 0 aliphatic carbocycles. The van der Waals surface area contributed by atoms with Crippen LogP contribution in [0.3, 0.4) is 0 Å². The van der Waals surface area contributed by atoms with Gasteiger partial charge in [0.2, 0.25) is 0 Å². The van der Waals surface area contributed by atoms with Crippen molar-refractivity contribution in [1.29, 1.82) is 0 Å². The lowest BCUT2D eigenvalue weighted by molar-refractivity contribution is -0.138. The highest BCUT2D eigenvalue weighted by atomic mass is 35.5. The Hall–Kier alpha value is -0.880. The second-order valence-corrected chi connectivity index (χ2v) is 3.06. The molecule has 1 aromatic rings. The Bertz CT molecular complexity index is 332. The van der Waals surface area contributed by atoms with E-state index in [4.69, 9.17) is 5.73 Å². The number of nitrogens with two attached hydrogens (primary N) is 1. The molecular weight excluding hydrogens is 253 g/mol. The van der Waals surface area contributed by atoms with Gasteiger partial charge in [0.15, 0.2) is 0 Å². The van der Waals surface area contributed by atoms with Crippen molar-refractivity contribution in [2.45, 2.75) is 18.6 Å². The molecule has 0 aliphatic heterocycles. The van der Waals surface area contributed by atoms with Gasteiger partial charge in [0, 0.05) is 11.6 Å². The summed E-state index contributed by atoms with van der Waals surface area (Å²) in [6, 6.07) is 1.09. The second kappa shape index (κ2) is 5.45. The van der Waals surface area contributed by atoms with E-state index in [1.807, 2.05) is 0 Å². The number of alkyl halides is 3. The van der Waals surface area contributed by atoms with Gasteiger partial charge in [-0.05, 0) is 12.1 Å². The normalized spacial score (nSPS) is 13.1. The minimum absolute atomic E-state index is 0. The van der Waals surface area contributed by atoms with Gasteiger partial charge < -0.3 is 5.73 Å². The van der Waals surface area contributed by atoms with Crippen LogP contribution in [0.25, 0.3) is 0 Å². The number of hydrogen-bond acceptors (Lipinski definition) is 1. The van der Waals surface area contributed by atoms with Crippen LogP contribution in [0.1, 0.15) is 18.0 Å². The Morgan fingerprint density at radius 1 is 1.12 bits per heavy atom. The van der Waals surface area contributed by atoms with E-state index in [-0.39, 0.29) is 12.4 Å². The van der Waals surface area contributed by atoms with Crippen molar-refractivity contribution in [3.05, 3.63) is 35.4 Å². The molecule has 0 aliphatic rings. The van der Waals surface area contributed by atoms with Crippen molar-refractivity contribution < 1.29 is 22.0 Å². The molecule has 16 heavy (non-hydrogen) atoms. The SMILES string of the molecule is Cl.N[C@@H](CC(F)(F)F)c1c(F)cccc1F. The summed E-state index contributed by atoms with van der Waals surface area (Å²) in [5, 5.41) is 0. The van der Waals surface area contributed by atoms with Gasteiger partial charge >= 0.3 is 6.18 Å². The molecular formula is C9H9ClF5N. The summed E-state index contributed by atoms with van der Waals surface area (Å²) in [6.07, 6.45) is -6.00. The minimum atomic E-state index is -4.55. The first-order valence-corrected chi connectivity index (χ1v) is 4.07. The van der Waals surface area contributed by atoms with Crippen molar-refractivity contribution >= 4 is 12.4 Å². The van der Waals surface area contributed by atoms with Crippen LogP contribution in [0.4, 0.5) is 22.0 Å². The van der Waals surface area contributed by atoms with Crippen molar-refractivity contribution in [3.8, 4) is 0 Å². The van der Waals surface area contributed by atoms with Gasteiger partial charge in [-0.1, -0.05) is 6.07 Å². The van der Waals surface area contributed by atoms with Crippen LogP contribution in [-0.4, -0.2) is 6.18 Å². The van der Waals surface area contributed by atoms with Crippen LogP contribution >= 0.6 is 12.4 Å². The maximum atomic E-state index is 13.0. The van der Waals surface area contributed by atoms with Crippen LogP contribution in [0.15, 0.2) is 18.2 Å². The average molecular weight is 262 g/mol. The number of benzene rings is 1. The van der Waals surface area contributed by atoms with Gasteiger partial charge in [0.25, 0.3) is 0 Å². The molecule has 0 amide bonds. The Labute approximate surface area is 94.8 Å². The van der Waals surface area contributed by atoms with E-state index in [2.05, 4.69) is 0 Å². The summed E-state index contributed by atoms with van der Waals surface area (Å²) in [7, 11) is 0. The Morgan fingerprint density at radius 3 is 1.94 bits per heavy atom. The molecule has 0 unspecified atom stereocenters. The fourth-order valence-corrected chi connectivity index (χ4v) is 1.22. The van der Waals surface area contributed by atoms with E-state index < -0.39 is 35.8 Å². The molecule has 0 heterocycles. The second-order valence-electron chi connectivity index (χ2n) is 3.06. The van der Waals surface area contributed by atoms with Crippen molar-refractivity contribution in [3.63, 3.8) is 0 Å². The van der Waals surface area contributed by atoms with Crippen molar-refractivity contribution in [1.82, 2.24) is 0 Å². The van der Waals surface area contributed by atoms with Crippen LogP contribution in [0.5, 0.6) is 0 Å². The first-order valence-electron chi connectivity index (χ1n) is 4.07. The number of hydrogen-bond donors (Lipinski definition) is 1. The standard InChI is InChI=1S/C9H8F5N.ClH/c10-5-2-1-3-6(11)8(5)7(15)4-9(12,13)14;/h1-3,7H,4,15H2;1H/t7-;/m0./s1. The predicted octanol–water partition coefficient (Wildman–Crippen LogP) is 3.34. The van der Waals surface area contributed by atoms with Gasteiger partial charge in [-0.2, -0.15) is 13.2 Å². The molecule has 2 N–H and O–H groups in total. The van der Waals surface area contributed by atoms with Crippen molar-refractivity contribution in [2.24, 2.45) is 5.73 Å². The molecule has 1 aromatic carbocycles. The van der Waals surface area contributed by atoms with Gasteiger partial charge in [-0.3, -0.25) is 0 Å². The third-order valence-corrected chi connectivity index (χ3v) is 1.82. The molecule has 0 fully saturated rings. The van der Waals surface area contributed by atoms with E-state index >= 15 is 0 Å². The third kappa shape index (κ3) is 3.94. The summed E-state index contributed by atoms with van der Waals surface area (Å²) in [6.45, 7) is 0. The lowest BCUT2D eigenvalue weighted by atomic mass is 10.0. The summed E-state index contributed by atoms with van der Waals surface area (Å²) in [5.74, 6) is -2.13. The summed E-state index contributed by atoms with van der Waals surface area (Å²) < 4.78 is 61.8. The average Bonchev–Trinajstić information content (AvgIpc) is 1.99. The van der Waals surface area contributed by atoms with E-state index in [0.29, 0.717) is 0 Å². The lowest BCUT2D eigenvalue weighted by Crippen LogP contribution is -2.22. The summed E-state index contributed by atoms with van der Waals surface area (Å²) >= 11 is 0. The number of halogens is 6. The van der Waals surface area contributed by atoms with Gasteiger partial charge in [0.05, 0.1) is 6.42 Å². The lowest BCUT2D eigenvalue weighted by Gasteiger charge is -2.15. The quantitative estimate of drug-likeness (QED) is 0.812. The molecule has 7 heteroatoms. The van der Waals surface area contributed by atoms with Crippen LogP contribution < -0.4 is 5.73 Å².